The molecule has 0 aliphatic rings. The quantitative estimate of drug-likeness (QED) is 0.587. The molecular formula is C19H20N6O2. The number of carbonyl (C=O) groups is 2. The zero-order valence-corrected chi connectivity index (χ0v) is 14.8. The predicted octanol–water partition coefficient (Wildman–Crippen LogP) is 2.77. The number of carbonyl (C=O) groups excluding carboxylic acids is 2. The van der Waals surface area contributed by atoms with Gasteiger partial charge in [0.2, 0.25) is 0 Å². The summed E-state index contributed by atoms with van der Waals surface area (Å²) in [7, 11) is 1.78. The van der Waals surface area contributed by atoms with Crippen LogP contribution >= 0.6 is 0 Å². The van der Waals surface area contributed by atoms with Crippen molar-refractivity contribution in [3.8, 4) is 5.82 Å². The fourth-order valence-corrected chi connectivity index (χ4v) is 2.55. The van der Waals surface area contributed by atoms with Crippen molar-refractivity contribution in [3.63, 3.8) is 0 Å². The van der Waals surface area contributed by atoms with Crippen molar-refractivity contribution >= 4 is 23.3 Å². The SMILES string of the molecule is C=CCNC(=O)Nc1ccc(NC(=O)c2cnn(C)c2-n2cccc2)cc1. The lowest BCUT2D eigenvalue weighted by Gasteiger charge is -2.10. The van der Waals surface area contributed by atoms with Crippen molar-refractivity contribution in [3.05, 3.63) is 73.2 Å². The maximum Gasteiger partial charge on any atom is 0.319 e. The number of hydrogen-bond acceptors (Lipinski definition) is 3. The van der Waals surface area contributed by atoms with Gasteiger partial charge in [-0.2, -0.15) is 5.10 Å². The van der Waals surface area contributed by atoms with E-state index in [1.165, 1.54) is 6.20 Å². The van der Waals surface area contributed by atoms with Gasteiger partial charge in [0.1, 0.15) is 11.4 Å². The van der Waals surface area contributed by atoms with Crippen LogP contribution in [-0.4, -0.2) is 32.8 Å². The number of anilines is 2. The van der Waals surface area contributed by atoms with Crippen molar-refractivity contribution in [1.29, 1.82) is 0 Å². The highest BCUT2D eigenvalue weighted by Crippen LogP contribution is 2.18. The van der Waals surface area contributed by atoms with Crippen molar-refractivity contribution in [2.45, 2.75) is 0 Å². The largest absolute Gasteiger partial charge is 0.334 e. The van der Waals surface area contributed by atoms with E-state index in [0.717, 1.165) is 0 Å². The molecule has 0 saturated heterocycles. The smallest absolute Gasteiger partial charge is 0.319 e. The molecule has 2 heterocycles. The van der Waals surface area contributed by atoms with Gasteiger partial charge in [-0.15, -0.1) is 6.58 Å². The molecule has 0 saturated carbocycles. The molecule has 2 aromatic heterocycles. The topological polar surface area (TPSA) is 93.0 Å². The maximum atomic E-state index is 12.7. The van der Waals surface area contributed by atoms with Crippen LogP contribution in [0.3, 0.4) is 0 Å². The van der Waals surface area contributed by atoms with E-state index in [1.807, 2.05) is 29.1 Å². The molecule has 3 aromatic rings. The number of amides is 3. The number of hydrogen-bond donors (Lipinski definition) is 3. The Morgan fingerprint density at radius 3 is 2.37 bits per heavy atom. The Kier molecular flexibility index (Phi) is 5.36. The Morgan fingerprint density at radius 2 is 1.74 bits per heavy atom. The van der Waals surface area contributed by atoms with Crippen LogP contribution in [0.25, 0.3) is 5.82 Å². The number of urea groups is 1. The fourth-order valence-electron chi connectivity index (χ4n) is 2.55. The molecule has 0 unspecified atom stereocenters. The van der Waals surface area contributed by atoms with Crippen LogP contribution in [0.5, 0.6) is 0 Å². The summed E-state index contributed by atoms with van der Waals surface area (Å²) < 4.78 is 3.47. The molecule has 0 aliphatic heterocycles. The van der Waals surface area contributed by atoms with Crippen LogP contribution in [0.15, 0.2) is 67.6 Å². The highest BCUT2D eigenvalue weighted by Gasteiger charge is 2.17. The average molecular weight is 364 g/mol. The summed E-state index contributed by atoms with van der Waals surface area (Å²) in [6, 6.07) is 10.3. The first-order valence-corrected chi connectivity index (χ1v) is 8.31. The molecule has 0 radical (unpaired) electrons. The van der Waals surface area contributed by atoms with E-state index in [2.05, 4.69) is 27.6 Å². The Bertz CT molecular complexity index is 941. The molecular weight excluding hydrogens is 344 g/mol. The normalized spacial score (nSPS) is 10.3. The third-order valence-electron chi connectivity index (χ3n) is 3.81. The number of nitrogens with one attached hydrogen (secondary N) is 3. The van der Waals surface area contributed by atoms with Gasteiger partial charge in [-0.1, -0.05) is 6.08 Å². The minimum Gasteiger partial charge on any atom is -0.334 e. The van der Waals surface area contributed by atoms with E-state index < -0.39 is 0 Å². The molecule has 0 spiro atoms. The minimum absolute atomic E-state index is 0.267. The van der Waals surface area contributed by atoms with Crippen molar-refractivity contribution in [1.82, 2.24) is 19.7 Å². The van der Waals surface area contributed by atoms with Gasteiger partial charge < -0.3 is 20.5 Å². The van der Waals surface area contributed by atoms with Gasteiger partial charge in [0, 0.05) is 37.4 Å². The Hall–Kier alpha value is -3.81. The summed E-state index contributed by atoms with van der Waals surface area (Å²) >= 11 is 0. The fraction of sp³-hybridized carbons (Fsp3) is 0.105. The highest BCUT2D eigenvalue weighted by atomic mass is 16.2. The Labute approximate surface area is 156 Å². The molecule has 3 N–H and O–H groups in total. The Morgan fingerprint density at radius 1 is 1.11 bits per heavy atom. The van der Waals surface area contributed by atoms with Crippen LogP contribution in [0.4, 0.5) is 16.2 Å². The zero-order valence-electron chi connectivity index (χ0n) is 14.8. The van der Waals surface area contributed by atoms with E-state index in [0.29, 0.717) is 29.3 Å². The van der Waals surface area contributed by atoms with Gasteiger partial charge in [0.05, 0.1) is 6.20 Å². The molecule has 3 amide bonds. The second kappa shape index (κ2) is 8.05. The van der Waals surface area contributed by atoms with Gasteiger partial charge in [-0.25, -0.2) is 4.79 Å². The first-order chi connectivity index (χ1) is 13.1. The van der Waals surface area contributed by atoms with E-state index in [1.54, 1.807) is 42.1 Å². The molecule has 0 atom stereocenters. The molecule has 138 valence electrons. The van der Waals surface area contributed by atoms with E-state index in [9.17, 15) is 9.59 Å². The maximum absolute atomic E-state index is 12.7. The zero-order chi connectivity index (χ0) is 19.2. The van der Waals surface area contributed by atoms with E-state index in [-0.39, 0.29) is 11.9 Å². The first kappa shape index (κ1) is 18.0. The van der Waals surface area contributed by atoms with Crippen LogP contribution in [0.2, 0.25) is 0 Å². The molecule has 0 aliphatic carbocycles. The molecule has 1 aromatic carbocycles. The van der Waals surface area contributed by atoms with Crippen LogP contribution in [0, 0.1) is 0 Å². The van der Waals surface area contributed by atoms with Crippen LogP contribution in [0.1, 0.15) is 10.4 Å². The van der Waals surface area contributed by atoms with Gasteiger partial charge in [-0.3, -0.25) is 9.48 Å². The summed E-state index contributed by atoms with van der Waals surface area (Å²) in [6.45, 7) is 3.92. The van der Waals surface area contributed by atoms with Gasteiger partial charge in [0.25, 0.3) is 5.91 Å². The van der Waals surface area contributed by atoms with Crippen LogP contribution < -0.4 is 16.0 Å². The Balaban J connectivity index is 1.69. The summed E-state index contributed by atoms with van der Waals surface area (Å²) in [4.78, 5) is 24.3. The number of benzene rings is 1. The van der Waals surface area contributed by atoms with Gasteiger partial charge >= 0.3 is 6.03 Å². The second-order valence-corrected chi connectivity index (χ2v) is 5.75. The standard InChI is InChI=1S/C19H20N6O2/c1-3-10-20-19(27)23-15-8-6-14(7-9-15)22-17(26)16-13-21-24(2)18(16)25-11-4-5-12-25/h3-9,11-13H,1,10H2,2H3,(H,22,26)(H2,20,23,27). The molecule has 8 heteroatoms. The van der Waals surface area contributed by atoms with Crippen molar-refractivity contribution < 1.29 is 9.59 Å². The number of aromatic nitrogens is 3. The molecule has 8 nitrogen and oxygen atoms in total. The summed E-state index contributed by atoms with van der Waals surface area (Å²) in [6.07, 6.45) is 6.83. The van der Waals surface area contributed by atoms with Crippen molar-refractivity contribution in [2.75, 3.05) is 17.2 Å². The number of aryl methyl sites for hydroxylation is 1. The minimum atomic E-state index is -0.321. The number of nitrogens with zero attached hydrogens (tertiary/aromatic N) is 3. The highest BCUT2D eigenvalue weighted by molar-refractivity contribution is 6.06. The van der Waals surface area contributed by atoms with Crippen molar-refractivity contribution in [2.24, 2.45) is 7.05 Å². The predicted molar refractivity (Wildman–Crippen MR) is 104 cm³/mol. The molecule has 0 bridgehead atoms. The molecule has 0 fully saturated rings. The molecule has 27 heavy (non-hydrogen) atoms. The lowest BCUT2D eigenvalue weighted by Crippen LogP contribution is -2.28. The first-order valence-electron chi connectivity index (χ1n) is 8.31. The second-order valence-electron chi connectivity index (χ2n) is 5.75. The van der Waals surface area contributed by atoms with Gasteiger partial charge in [-0.05, 0) is 36.4 Å². The summed E-state index contributed by atoms with van der Waals surface area (Å²) in [5.74, 6) is 0.408. The van der Waals surface area contributed by atoms with Gasteiger partial charge in [0.15, 0.2) is 0 Å². The molecule has 3 rings (SSSR count). The third-order valence-corrected chi connectivity index (χ3v) is 3.81. The lowest BCUT2D eigenvalue weighted by atomic mass is 10.2. The average Bonchev–Trinajstić information content (AvgIpc) is 3.30. The number of rotatable bonds is 6. The summed E-state index contributed by atoms with van der Waals surface area (Å²) in [5.41, 5.74) is 1.68. The lowest BCUT2D eigenvalue weighted by molar-refractivity contribution is 0.102. The third kappa shape index (κ3) is 4.24. The summed E-state index contributed by atoms with van der Waals surface area (Å²) in [5, 5.41) is 12.3. The monoisotopic (exact) mass is 364 g/mol. The van der Waals surface area contributed by atoms with Crippen LogP contribution in [-0.2, 0) is 7.05 Å². The van der Waals surface area contributed by atoms with E-state index >= 15 is 0 Å². The van der Waals surface area contributed by atoms with E-state index in [4.69, 9.17) is 0 Å².